The van der Waals surface area contributed by atoms with Gasteiger partial charge in [-0.15, -0.1) is 22.7 Å². The quantitative estimate of drug-likeness (QED) is 0.782. The van der Waals surface area contributed by atoms with Crippen LogP contribution in [0.15, 0.2) is 22.9 Å². The monoisotopic (exact) mass is 366 g/mol. The minimum atomic E-state index is -1.01. The molecule has 0 saturated heterocycles. The maximum atomic E-state index is 12.7. The Hall–Kier alpha value is -1.73. The van der Waals surface area contributed by atoms with Crippen LogP contribution in [0.5, 0.6) is 0 Å². The van der Waals surface area contributed by atoms with Crippen molar-refractivity contribution in [2.24, 2.45) is 5.92 Å². The molecule has 0 aliphatic heterocycles. The van der Waals surface area contributed by atoms with Crippen molar-refractivity contribution in [3.05, 3.63) is 28.6 Å². The number of aromatic nitrogens is 1. The molecular weight excluding hydrogens is 344 g/mol. The zero-order chi connectivity index (χ0) is 17.9. The first-order chi connectivity index (χ1) is 11.2. The highest BCUT2D eigenvalue weighted by molar-refractivity contribution is 7.20. The van der Waals surface area contributed by atoms with Gasteiger partial charge in [-0.25, -0.2) is 9.78 Å². The van der Waals surface area contributed by atoms with E-state index in [-0.39, 0.29) is 11.8 Å². The van der Waals surface area contributed by atoms with Gasteiger partial charge in [0.25, 0.3) is 0 Å². The lowest BCUT2D eigenvalue weighted by molar-refractivity contribution is -0.143. The highest BCUT2D eigenvalue weighted by Gasteiger charge is 2.35. The third-order valence-electron chi connectivity index (χ3n) is 3.75. The molecule has 0 fully saturated rings. The lowest BCUT2D eigenvalue weighted by atomic mass is 9.88. The number of rotatable bonds is 7. The summed E-state index contributed by atoms with van der Waals surface area (Å²) in [5.74, 6) is -1.15. The predicted octanol–water partition coefficient (Wildman–Crippen LogP) is 3.76. The first kappa shape index (κ1) is 18.6. The number of carboxylic acid groups (broad SMARTS) is 1. The maximum absolute atomic E-state index is 12.7. The van der Waals surface area contributed by atoms with Crippen molar-refractivity contribution in [2.75, 3.05) is 0 Å². The van der Waals surface area contributed by atoms with E-state index in [0.717, 1.165) is 9.88 Å². The number of thiophene rings is 1. The first-order valence-corrected chi connectivity index (χ1v) is 9.51. The second kappa shape index (κ2) is 7.44. The predicted molar refractivity (Wildman–Crippen MR) is 97.5 cm³/mol. The van der Waals surface area contributed by atoms with Crippen molar-refractivity contribution < 1.29 is 14.7 Å². The molecule has 24 heavy (non-hydrogen) atoms. The van der Waals surface area contributed by atoms with E-state index in [2.05, 4.69) is 10.3 Å². The summed E-state index contributed by atoms with van der Waals surface area (Å²) in [6.45, 7) is 7.40. The average molecular weight is 367 g/mol. The minimum absolute atomic E-state index is 0.180. The lowest BCUT2D eigenvalue weighted by Crippen LogP contribution is -2.48. The van der Waals surface area contributed by atoms with E-state index in [4.69, 9.17) is 0 Å². The van der Waals surface area contributed by atoms with E-state index in [1.807, 2.05) is 36.7 Å². The summed E-state index contributed by atoms with van der Waals surface area (Å²) < 4.78 is 0. The smallest absolute Gasteiger partial charge is 0.326 e. The molecular formula is C17H22N2O3S2. The summed E-state index contributed by atoms with van der Waals surface area (Å²) in [5.41, 5.74) is -0.237. The fourth-order valence-corrected chi connectivity index (χ4v) is 4.02. The second-order valence-corrected chi connectivity index (χ2v) is 8.44. The number of hydrogen-bond acceptors (Lipinski definition) is 5. The molecule has 2 aromatic heterocycles. The number of nitrogens with one attached hydrogen (secondary N) is 1. The van der Waals surface area contributed by atoms with Crippen LogP contribution in [0, 0.1) is 5.92 Å². The van der Waals surface area contributed by atoms with Crippen LogP contribution in [0.25, 0.3) is 9.88 Å². The van der Waals surface area contributed by atoms with Crippen LogP contribution >= 0.6 is 22.7 Å². The number of carbonyl (C=O) groups excluding carboxylic acids is 1. The maximum Gasteiger partial charge on any atom is 0.326 e. The summed E-state index contributed by atoms with van der Waals surface area (Å²) in [5, 5.41) is 16.7. The third-order valence-corrected chi connectivity index (χ3v) is 5.64. The number of hydrogen-bond donors (Lipinski definition) is 2. The largest absolute Gasteiger partial charge is 0.480 e. The van der Waals surface area contributed by atoms with Gasteiger partial charge in [0.05, 0.1) is 16.0 Å². The Kier molecular flexibility index (Phi) is 5.77. The van der Waals surface area contributed by atoms with Crippen LogP contribution in [0.1, 0.15) is 39.8 Å². The highest BCUT2D eigenvalue weighted by atomic mass is 32.1. The van der Waals surface area contributed by atoms with Crippen LogP contribution in [-0.4, -0.2) is 28.0 Å². The molecule has 7 heteroatoms. The van der Waals surface area contributed by atoms with E-state index in [1.165, 1.54) is 11.3 Å². The number of aliphatic carboxylic acids is 1. The molecule has 1 atom stereocenters. The van der Waals surface area contributed by atoms with E-state index >= 15 is 0 Å². The van der Waals surface area contributed by atoms with Gasteiger partial charge in [0.2, 0.25) is 5.91 Å². The van der Waals surface area contributed by atoms with Crippen LogP contribution in [-0.2, 0) is 15.0 Å². The van der Waals surface area contributed by atoms with Crippen molar-refractivity contribution in [2.45, 2.75) is 45.6 Å². The Labute approximate surface area is 149 Å². The zero-order valence-electron chi connectivity index (χ0n) is 14.2. The van der Waals surface area contributed by atoms with Gasteiger partial charge in [-0.2, -0.15) is 0 Å². The van der Waals surface area contributed by atoms with Gasteiger partial charge in [0, 0.05) is 5.38 Å². The molecule has 0 aromatic carbocycles. The Morgan fingerprint density at radius 3 is 2.58 bits per heavy atom. The molecule has 0 unspecified atom stereocenters. The van der Waals surface area contributed by atoms with E-state index < -0.39 is 17.4 Å². The van der Waals surface area contributed by atoms with Crippen molar-refractivity contribution in [3.63, 3.8) is 0 Å². The average Bonchev–Trinajstić information content (AvgIpc) is 3.16. The molecule has 2 N–H and O–H groups in total. The molecule has 130 valence electrons. The number of thiazole rings is 1. The fraction of sp³-hybridized carbons (Fsp3) is 0.471. The Morgan fingerprint density at radius 2 is 2.04 bits per heavy atom. The Morgan fingerprint density at radius 1 is 1.33 bits per heavy atom. The fourth-order valence-electron chi connectivity index (χ4n) is 2.22. The van der Waals surface area contributed by atoms with E-state index in [1.54, 1.807) is 25.2 Å². The number of carboxylic acids is 1. The second-order valence-electron chi connectivity index (χ2n) is 6.63. The van der Waals surface area contributed by atoms with Crippen LogP contribution < -0.4 is 5.32 Å². The zero-order valence-corrected chi connectivity index (χ0v) is 15.8. The molecule has 0 spiro atoms. The molecule has 0 radical (unpaired) electrons. The van der Waals surface area contributed by atoms with E-state index in [9.17, 15) is 14.7 Å². The van der Waals surface area contributed by atoms with Crippen molar-refractivity contribution in [3.8, 4) is 9.88 Å². The molecule has 1 amide bonds. The van der Waals surface area contributed by atoms with E-state index in [0.29, 0.717) is 12.1 Å². The van der Waals surface area contributed by atoms with Crippen LogP contribution in [0.4, 0.5) is 0 Å². The minimum Gasteiger partial charge on any atom is -0.480 e. The van der Waals surface area contributed by atoms with Gasteiger partial charge in [-0.05, 0) is 37.6 Å². The Bertz CT molecular complexity index is 705. The molecule has 0 aliphatic carbocycles. The van der Waals surface area contributed by atoms with Gasteiger partial charge in [-0.3, -0.25) is 4.79 Å². The van der Waals surface area contributed by atoms with Gasteiger partial charge in [0.15, 0.2) is 0 Å². The summed E-state index contributed by atoms with van der Waals surface area (Å²) in [6.07, 6.45) is 0.397. The summed E-state index contributed by atoms with van der Waals surface area (Å²) >= 11 is 3.09. The van der Waals surface area contributed by atoms with Gasteiger partial charge >= 0.3 is 5.97 Å². The molecule has 5 nitrogen and oxygen atoms in total. The van der Waals surface area contributed by atoms with Gasteiger partial charge in [0.1, 0.15) is 11.0 Å². The lowest BCUT2D eigenvalue weighted by Gasteiger charge is -2.25. The normalized spacial score (nSPS) is 13.0. The standard InChI is InChI=1S/C17H22N2O3S2/c1-10(2)8-11(15(20)21)18-16(22)17(3,4)13-9-24-14(19-13)12-6-5-7-23-12/h5-7,9-11H,8H2,1-4H3,(H,18,22)(H,20,21)/t11-/m1/s1. The third kappa shape index (κ3) is 4.21. The summed E-state index contributed by atoms with van der Waals surface area (Å²) in [4.78, 5) is 29.7. The molecule has 2 heterocycles. The number of carbonyl (C=O) groups is 2. The van der Waals surface area contributed by atoms with Crippen LogP contribution in [0.3, 0.4) is 0 Å². The van der Waals surface area contributed by atoms with Gasteiger partial charge < -0.3 is 10.4 Å². The number of amides is 1. The Balaban J connectivity index is 2.16. The summed E-state index contributed by atoms with van der Waals surface area (Å²) in [7, 11) is 0. The van der Waals surface area contributed by atoms with Gasteiger partial charge in [-0.1, -0.05) is 19.9 Å². The molecule has 0 saturated carbocycles. The molecule has 0 bridgehead atoms. The highest BCUT2D eigenvalue weighted by Crippen LogP contribution is 2.32. The first-order valence-electron chi connectivity index (χ1n) is 7.75. The van der Waals surface area contributed by atoms with Crippen molar-refractivity contribution >= 4 is 34.6 Å². The molecule has 2 aromatic rings. The summed E-state index contributed by atoms with van der Waals surface area (Å²) in [6, 6.07) is 3.07. The topological polar surface area (TPSA) is 79.3 Å². The van der Waals surface area contributed by atoms with Crippen molar-refractivity contribution in [1.82, 2.24) is 10.3 Å². The molecule has 2 rings (SSSR count). The van der Waals surface area contributed by atoms with Crippen LogP contribution in [0.2, 0.25) is 0 Å². The molecule has 0 aliphatic rings. The SMILES string of the molecule is CC(C)C[C@@H](NC(=O)C(C)(C)c1csc(-c2cccs2)n1)C(=O)O. The number of nitrogens with zero attached hydrogens (tertiary/aromatic N) is 1. The van der Waals surface area contributed by atoms with Crippen molar-refractivity contribution in [1.29, 1.82) is 0 Å².